The fourth-order valence-corrected chi connectivity index (χ4v) is 3.64. The number of carbonyl (C=O) groups excluding carboxylic acids is 1. The van der Waals surface area contributed by atoms with E-state index in [1.165, 1.54) is 0 Å². The SMILES string of the molecule is CCOCC(=O)N1CCC[C@@H]1[C@@H]1C[C@@H](C)CC[C@H]1O. The zero-order valence-corrected chi connectivity index (χ0v) is 12.2. The Morgan fingerprint density at radius 2 is 2.16 bits per heavy atom. The number of amides is 1. The van der Waals surface area contributed by atoms with Crippen LogP contribution < -0.4 is 0 Å². The van der Waals surface area contributed by atoms with Crippen LogP contribution in [-0.4, -0.2) is 47.8 Å². The number of likely N-dealkylation sites (tertiary alicyclic amines) is 1. The summed E-state index contributed by atoms with van der Waals surface area (Å²) in [7, 11) is 0. The van der Waals surface area contributed by atoms with E-state index in [2.05, 4.69) is 6.92 Å². The maximum atomic E-state index is 12.2. The molecule has 1 heterocycles. The molecule has 0 aromatic heterocycles. The monoisotopic (exact) mass is 269 g/mol. The first kappa shape index (κ1) is 14.8. The molecule has 4 heteroatoms. The maximum absolute atomic E-state index is 12.2. The van der Waals surface area contributed by atoms with Crippen LogP contribution in [0.15, 0.2) is 0 Å². The molecular formula is C15H27NO3. The summed E-state index contributed by atoms with van der Waals surface area (Å²) in [5.74, 6) is 1.02. The van der Waals surface area contributed by atoms with Crippen molar-refractivity contribution in [2.75, 3.05) is 19.8 Å². The molecule has 1 saturated carbocycles. The summed E-state index contributed by atoms with van der Waals surface area (Å²) in [5, 5.41) is 10.3. The Kier molecular flexibility index (Phi) is 5.22. The highest BCUT2D eigenvalue weighted by molar-refractivity contribution is 5.78. The Labute approximate surface area is 116 Å². The third-order valence-electron chi connectivity index (χ3n) is 4.67. The highest BCUT2D eigenvalue weighted by Crippen LogP contribution is 2.37. The third-order valence-corrected chi connectivity index (χ3v) is 4.67. The molecule has 1 aliphatic carbocycles. The van der Waals surface area contributed by atoms with Gasteiger partial charge in [0.1, 0.15) is 6.61 Å². The molecule has 2 fully saturated rings. The Balaban J connectivity index is 1.99. The van der Waals surface area contributed by atoms with Gasteiger partial charge < -0.3 is 14.7 Å². The van der Waals surface area contributed by atoms with Gasteiger partial charge in [0.25, 0.3) is 0 Å². The van der Waals surface area contributed by atoms with Gasteiger partial charge in [0, 0.05) is 25.1 Å². The third kappa shape index (κ3) is 3.48. The summed E-state index contributed by atoms with van der Waals surface area (Å²) in [4.78, 5) is 14.1. The van der Waals surface area contributed by atoms with Crippen molar-refractivity contribution in [2.45, 2.75) is 58.1 Å². The van der Waals surface area contributed by atoms with Gasteiger partial charge in [0.05, 0.1) is 6.10 Å². The number of aliphatic hydroxyl groups excluding tert-OH is 1. The molecule has 19 heavy (non-hydrogen) atoms. The molecule has 0 aromatic rings. The average molecular weight is 269 g/mol. The molecule has 4 nitrogen and oxygen atoms in total. The first-order chi connectivity index (χ1) is 9.13. The summed E-state index contributed by atoms with van der Waals surface area (Å²) in [6.07, 6.45) is 4.89. The predicted octanol–water partition coefficient (Wildman–Crippen LogP) is 1.81. The van der Waals surface area contributed by atoms with E-state index in [-0.39, 0.29) is 30.6 Å². The number of hydrogen-bond acceptors (Lipinski definition) is 3. The topological polar surface area (TPSA) is 49.8 Å². The van der Waals surface area contributed by atoms with Crippen molar-refractivity contribution in [3.05, 3.63) is 0 Å². The Hall–Kier alpha value is -0.610. The van der Waals surface area contributed by atoms with Gasteiger partial charge >= 0.3 is 0 Å². The first-order valence-corrected chi connectivity index (χ1v) is 7.68. The summed E-state index contributed by atoms with van der Waals surface area (Å²) in [6, 6.07) is 0.228. The summed E-state index contributed by atoms with van der Waals surface area (Å²) >= 11 is 0. The number of rotatable bonds is 4. The first-order valence-electron chi connectivity index (χ1n) is 7.68. The van der Waals surface area contributed by atoms with E-state index in [1.54, 1.807) is 0 Å². The van der Waals surface area contributed by atoms with Crippen molar-refractivity contribution in [3.8, 4) is 0 Å². The normalized spacial score (nSPS) is 35.6. The van der Waals surface area contributed by atoms with Crippen molar-refractivity contribution < 1.29 is 14.6 Å². The molecule has 2 aliphatic rings. The molecule has 1 saturated heterocycles. The molecule has 110 valence electrons. The fourth-order valence-electron chi connectivity index (χ4n) is 3.64. The van der Waals surface area contributed by atoms with Gasteiger partial charge in [0.2, 0.25) is 5.91 Å². The van der Waals surface area contributed by atoms with Gasteiger partial charge in [-0.15, -0.1) is 0 Å². The van der Waals surface area contributed by atoms with Crippen molar-refractivity contribution in [1.82, 2.24) is 4.90 Å². The lowest BCUT2D eigenvalue weighted by molar-refractivity contribution is -0.139. The Morgan fingerprint density at radius 3 is 2.89 bits per heavy atom. The molecule has 0 radical (unpaired) electrons. The van der Waals surface area contributed by atoms with Crippen LogP contribution in [0.4, 0.5) is 0 Å². The number of nitrogens with zero attached hydrogens (tertiary/aromatic N) is 1. The molecule has 4 atom stereocenters. The number of carbonyl (C=O) groups is 1. The highest BCUT2D eigenvalue weighted by atomic mass is 16.5. The molecular weight excluding hydrogens is 242 g/mol. The van der Waals surface area contributed by atoms with Crippen LogP contribution in [0.25, 0.3) is 0 Å². The zero-order valence-electron chi connectivity index (χ0n) is 12.2. The largest absolute Gasteiger partial charge is 0.393 e. The number of ether oxygens (including phenoxy) is 1. The molecule has 1 aliphatic heterocycles. The zero-order chi connectivity index (χ0) is 13.8. The van der Waals surface area contributed by atoms with Crippen molar-refractivity contribution in [1.29, 1.82) is 0 Å². The maximum Gasteiger partial charge on any atom is 0.248 e. The minimum atomic E-state index is -0.235. The smallest absolute Gasteiger partial charge is 0.248 e. The lowest BCUT2D eigenvalue weighted by Crippen LogP contribution is -2.47. The van der Waals surface area contributed by atoms with Crippen LogP contribution in [0, 0.1) is 11.8 Å². The van der Waals surface area contributed by atoms with E-state index < -0.39 is 0 Å². The minimum absolute atomic E-state index is 0.0924. The van der Waals surface area contributed by atoms with Gasteiger partial charge in [-0.2, -0.15) is 0 Å². The fraction of sp³-hybridized carbons (Fsp3) is 0.933. The van der Waals surface area contributed by atoms with E-state index >= 15 is 0 Å². The summed E-state index contributed by atoms with van der Waals surface area (Å²) < 4.78 is 5.24. The molecule has 2 rings (SSSR count). The molecule has 0 aromatic carbocycles. The van der Waals surface area contributed by atoms with Gasteiger partial charge in [-0.1, -0.05) is 6.92 Å². The Bertz CT molecular complexity index is 308. The predicted molar refractivity (Wildman–Crippen MR) is 73.7 cm³/mol. The second-order valence-corrected chi connectivity index (χ2v) is 6.08. The summed E-state index contributed by atoms with van der Waals surface area (Å²) in [5.41, 5.74) is 0. The second kappa shape index (κ2) is 6.71. The summed E-state index contributed by atoms with van der Waals surface area (Å²) in [6.45, 7) is 5.74. The van der Waals surface area contributed by atoms with Crippen LogP contribution >= 0.6 is 0 Å². The van der Waals surface area contributed by atoms with Gasteiger partial charge in [-0.3, -0.25) is 4.79 Å². The average Bonchev–Trinajstić information content (AvgIpc) is 2.88. The number of hydrogen-bond donors (Lipinski definition) is 1. The van der Waals surface area contributed by atoms with E-state index in [4.69, 9.17) is 4.74 Å². The van der Waals surface area contributed by atoms with Crippen LogP contribution in [-0.2, 0) is 9.53 Å². The minimum Gasteiger partial charge on any atom is -0.393 e. The van der Waals surface area contributed by atoms with Crippen LogP contribution in [0.2, 0.25) is 0 Å². The highest BCUT2D eigenvalue weighted by Gasteiger charge is 2.40. The van der Waals surface area contributed by atoms with Crippen LogP contribution in [0.1, 0.15) is 46.0 Å². The van der Waals surface area contributed by atoms with Crippen LogP contribution in [0.3, 0.4) is 0 Å². The van der Waals surface area contributed by atoms with Crippen molar-refractivity contribution >= 4 is 5.91 Å². The van der Waals surface area contributed by atoms with E-state index in [0.717, 1.165) is 38.6 Å². The van der Waals surface area contributed by atoms with Gasteiger partial charge in [-0.25, -0.2) is 0 Å². The quantitative estimate of drug-likeness (QED) is 0.847. The molecule has 0 unspecified atom stereocenters. The van der Waals surface area contributed by atoms with Crippen LogP contribution in [0.5, 0.6) is 0 Å². The molecule has 0 bridgehead atoms. The molecule has 1 N–H and O–H groups in total. The van der Waals surface area contributed by atoms with E-state index in [0.29, 0.717) is 12.5 Å². The lowest BCUT2D eigenvalue weighted by atomic mass is 9.76. The van der Waals surface area contributed by atoms with Gasteiger partial charge in [0.15, 0.2) is 0 Å². The molecule has 1 amide bonds. The second-order valence-electron chi connectivity index (χ2n) is 6.08. The number of aliphatic hydroxyl groups is 1. The van der Waals surface area contributed by atoms with Gasteiger partial charge in [-0.05, 0) is 44.9 Å². The van der Waals surface area contributed by atoms with E-state index in [1.807, 2.05) is 11.8 Å². The molecule has 0 spiro atoms. The van der Waals surface area contributed by atoms with Crippen molar-refractivity contribution in [2.24, 2.45) is 11.8 Å². The Morgan fingerprint density at radius 1 is 1.37 bits per heavy atom. The standard InChI is InChI=1S/C15H27NO3/c1-3-19-10-15(18)16-8-4-5-13(16)12-9-11(2)6-7-14(12)17/h11-14,17H,3-10H2,1-2H3/t11-,12-,13+,14+/m0/s1. The van der Waals surface area contributed by atoms with E-state index in [9.17, 15) is 9.90 Å². The van der Waals surface area contributed by atoms with Crippen molar-refractivity contribution in [3.63, 3.8) is 0 Å². The lowest BCUT2D eigenvalue weighted by Gasteiger charge is -2.39.